The Kier molecular flexibility index (Phi) is 4.51. The molecule has 0 aromatic carbocycles. The van der Waals surface area contributed by atoms with Crippen molar-refractivity contribution in [1.82, 2.24) is 9.80 Å². The third-order valence-corrected chi connectivity index (χ3v) is 4.93. The fourth-order valence-electron chi connectivity index (χ4n) is 3.43. The number of carbonyl (C=O) groups excluding carboxylic acids is 1. The van der Waals surface area contributed by atoms with E-state index < -0.39 is 5.60 Å². The minimum Gasteiger partial charge on any atom is -0.388 e. The predicted octanol–water partition coefficient (Wildman–Crippen LogP) is 1.34. The number of rotatable bonds is 3. The minimum absolute atomic E-state index is 0.234. The van der Waals surface area contributed by atoms with Crippen LogP contribution in [0.5, 0.6) is 0 Å². The first-order valence-electron chi connectivity index (χ1n) is 7.66. The zero-order chi connectivity index (χ0) is 14.0. The molecule has 0 bridgehead atoms. The molecule has 0 unspecified atom stereocenters. The van der Waals surface area contributed by atoms with Gasteiger partial charge in [0, 0.05) is 26.2 Å². The molecule has 2 saturated heterocycles. The summed E-state index contributed by atoms with van der Waals surface area (Å²) in [5.74, 6) is 0.708. The molecule has 110 valence electrons. The molecule has 2 aliphatic heterocycles. The first-order chi connectivity index (χ1) is 8.93. The monoisotopic (exact) mass is 268 g/mol. The summed E-state index contributed by atoms with van der Waals surface area (Å²) in [6.45, 7) is 9.97. The molecule has 2 atom stereocenters. The van der Waals surface area contributed by atoms with Crippen LogP contribution in [0.2, 0.25) is 0 Å². The Morgan fingerprint density at radius 2 is 1.95 bits per heavy atom. The van der Waals surface area contributed by atoms with E-state index in [9.17, 15) is 9.90 Å². The number of β-amino-alcohol motifs (C(OH)–C–C–N with tert-alkyl or cyclic N) is 1. The highest BCUT2D eigenvalue weighted by molar-refractivity contribution is 5.78. The quantitative estimate of drug-likeness (QED) is 0.840. The van der Waals surface area contributed by atoms with E-state index in [-0.39, 0.29) is 17.7 Å². The molecular formula is C15H28N2O2. The molecule has 4 heteroatoms. The summed E-state index contributed by atoms with van der Waals surface area (Å²) >= 11 is 0. The van der Waals surface area contributed by atoms with Gasteiger partial charge in [0.05, 0.1) is 12.1 Å². The normalized spacial score (nSPS) is 33.1. The van der Waals surface area contributed by atoms with Crippen LogP contribution in [0, 0.1) is 11.8 Å². The molecule has 0 aromatic heterocycles. The van der Waals surface area contributed by atoms with Gasteiger partial charge in [-0.3, -0.25) is 9.69 Å². The van der Waals surface area contributed by atoms with Crippen LogP contribution >= 0.6 is 0 Å². The van der Waals surface area contributed by atoms with Crippen LogP contribution in [0.15, 0.2) is 0 Å². The SMILES string of the molecule is CC(C)[C@@]1(O)CN(CC(=O)N2CCCCC2)C[C@@H]1C. The van der Waals surface area contributed by atoms with E-state index in [2.05, 4.69) is 25.7 Å². The molecule has 4 nitrogen and oxygen atoms in total. The van der Waals surface area contributed by atoms with Crippen LogP contribution in [0.25, 0.3) is 0 Å². The first-order valence-corrected chi connectivity index (χ1v) is 7.66. The van der Waals surface area contributed by atoms with Crippen molar-refractivity contribution >= 4 is 5.91 Å². The Morgan fingerprint density at radius 1 is 1.32 bits per heavy atom. The van der Waals surface area contributed by atoms with Gasteiger partial charge in [0.15, 0.2) is 0 Å². The van der Waals surface area contributed by atoms with Crippen molar-refractivity contribution < 1.29 is 9.90 Å². The van der Waals surface area contributed by atoms with E-state index in [1.165, 1.54) is 6.42 Å². The van der Waals surface area contributed by atoms with Gasteiger partial charge in [-0.15, -0.1) is 0 Å². The number of aliphatic hydroxyl groups is 1. The lowest BCUT2D eigenvalue weighted by Gasteiger charge is -2.32. The number of carbonyl (C=O) groups is 1. The molecule has 1 N–H and O–H groups in total. The summed E-state index contributed by atoms with van der Waals surface area (Å²) in [6, 6.07) is 0. The standard InChI is InChI=1S/C15H28N2O2/c1-12(2)15(19)11-16(9-13(15)3)10-14(18)17-7-5-4-6-8-17/h12-13,19H,4-11H2,1-3H3/t13-,15-/m0/s1. The number of nitrogens with zero attached hydrogens (tertiary/aromatic N) is 2. The van der Waals surface area contributed by atoms with Crippen LogP contribution in [0.4, 0.5) is 0 Å². The fourth-order valence-corrected chi connectivity index (χ4v) is 3.43. The molecule has 2 fully saturated rings. The van der Waals surface area contributed by atoms with E-state index in [1.54, 1.807) is 0 Å². The van der Waals surface area contributed by atoms with Crippen LogP contribution in [-0.2, 0) is 4.79 Å². The van der Waals surface area contributed by atoms with E-state index >= 15 is 0 Å². The van der Waals surface area contributed by atoms with Gasteiger partial charge in [-0.05, 0) is 31.1 Å². The van der Waals surface area contributed by atoms with Gasteiger partial charge in [-0.2, -0.15) is 0 Å². The van der Waals surface area contributed by atoms with Crippen molar-refractivity contribution in [1.29, 1.82) is 0 Å². The zero-order valence-electron chi connectivity index (χ0n) is 12.6. The van der Waals surface area contributed by atoms with Gasteiger partial charge in [0.1, 0.15) is 0 Å². The lowest BCUT2D eigenvalue weighted by molar-refractivity contribution is -0.133. The first kappa shape index (κ1) is 14.8. The molecule has 0 saturated carbocycles. The largest absolute Gasteiger partial charge is 0.388 e. The second-order valence-electron chi connectivity index (χ2n) is 6.66. The maximum absolute atomic E-state index is 12.2. The molecule has 2 aliphatic rings. The highest BCUT2D eigenvalue weighted by Gasteiger charge is 2.45. The van der Waals surface area contributed by atoms with E-state index in [1.807, 2.05) is 4.90 Å². The second-order valence-corrected chi connectivity index (χ2v) is 6.66. The molecule has 19 heavy (non-hydrogen) atoms. The molecular weight excluding hydrogens is 240 g/mol. The molecule has 0 spiro atoms. The van der Waals surface area contributed by atoms with Crippen molar-refractivity contribution in [2.75, 3.05) is 32.7 Å². The lowest BCUT2D eigenvalue weighted by atomic mass is 9.82. The van der Waals surface area contributed by atoms with Gasteiger partial charge in [-0.1, -0.05) is 20.8 Å². The van der Waals surface area contributed by atoms with E-state index in [4.69, 9.17) is 0 Å². The summed E-state index contributed by atoms with van der Waals surface area (Å²) in [5, 5.41) is 10.7. The van der Waals surface area contributed by atoms with Gasteiger partial charge >= 0.3 is 0 Å². The van der Waals surface area contributed by atoms with Crippen molar-refractivity contribution in [2.45, 2.75) is 45.6 Å². The number of hydrogen-bond donors (Lipinski definition) is 1. The van der Waals surface area contributed by atoms with Crippen LogP contribution in [0.1, 0.15) is 40.0 Å². The van der Waals surface area contributed by atoms with Gasteiger partial charge in [0.2, 0.25) is 5.91 Å². The van der Waals surface area contributed by atoms with E-state index in [0.717, 1.165) is 32.5 Å². The zero-order valence-corrected chi connectivity index (χ0v) is 12.6. The Bertz CT molecular complexity index is 326. The Balaban J connectivity index is 1.89. The summed E-state index contributed by atoms with van der Waals surface area (Å²) in [4.78, 5) is 16.4. The number of hydrogen-bond acceptors (Lipinski definition) is 3. The third-order valence-electron chi connectivity index (χ3n) is 4.93. The van der Waals surface area contributed by atoms with Gasteiger partial charge < -0.3 is 10.0 Å². The number of likely N-dealkylation sites (tertiary alicyclic amines) is 2. The molecule has 1 amide bonds. The molecule has 0 aromatic rings. The summed E-state index contributed by atoms with van der Waals surface area (Å²) < 4.78 is 0. The van der Waals surface area contributed by atoms with Crippen molar-refractivity contribution in [2.24, 2.45) is 11.8 Å². The smallest absolute Gasteiger partial charge is 0.236 e. The minimum atomic E-state index is -0.637. The van der Waals surface area contributed by atoms with Crippen LogP contribution < -0.4 is 0 Å². The Labute approximate surface area is 116 Å². The van der Waals surface area contributed by atoms with Crippen LogP contribution in [0.3, 0.4) is 0 Å². The average molecular weight is 268 g/mol. The average Bonchev–Trinajstić information content (AvgIpc) is 2.67. The Morgan fingerprint density at radius 3 is 2.47 bits per heavy atom. The number of amides is 1. The third kappa shape index (κ3) is 3.11. The van der Waals surface area contributed by atoms with Crippen molar-refractivity contribution in [3.8, 4) is 0 Å². The molecule has 2 rings (SSSR count). The summed E-state index contributed by atoms with van der Waals surface area (Å²) in [5.41, 5.74) is -0.637. The maximum Gasteiger partial charge on any atom is 0.236 e. The Hall–Kier alpha value is -0.610. The van der Waals surface area contributed by atoms with E-state index in [0.29, 0.717) is 13.1 Å². The molecule has 0 radical (unpaired) electrons. The fraction of sp³-hybridized carbons (Fsp3) is 0.933. The van der Waals surface area contributed by atoms with Crippen LogP contribution in [-0.4, -0.2) is 59.1 Å². The summed E-state index contributed by atoms with van der Waals surface area (Å²) in [7, 11) is 0. The van der Waals surface area contributed by atoms with Crippen molar-refractivity contribution in [3.05, 3.63) is 0 Å². The maximum atomic E-state index is 12.2. The molecule has 0 aliphatic carbocycles. The summed E-state index contributed by atoms with van der Waals surface area (Å²) in [6.07, 6.45) is 3.52. The number of piperidine rings is 1. The molecule has 2 heterocycles. The van der Waals surface area contributed by atoms with Crippen molar-refractivity contribution in [3.63, 3.8) is 0 Å². The predicted molar refractivity (Wildman–Crippen MR) is 75.8 cm³/mol. The topological polar surface area (TPSA) is 43.8 Å². The highest BCUT2D eigenvalue weighted by atomic mass is 16.3. The second kappa shape index (κ2) is 5.80. The highest BCUT2D eigenvalue weighted by Crippen LogP contribution is 2.33. The van der Waals surface area contributed by atoms with Gasteiger partial charge in [-0.25, -0.2) is 0 Å². The van der Waals surface area contributed by atoms with Gasteiger partial charge in [0.25, 0.3) is 0 Å². The lowest BCUT2D eigenvalue weighted by Crippen LogP contribution is -2.45.